The maximum atomic E-state index is 12.1. The quantitative estimate of drug-likeness (QED) is 0.851. The van der Waals surface area contributed by atoms with Crippen molar-refractivity contribution < 1.29 is 19.1 Å². The smallest absolute Gasteiger partial charge is 0.407 e. The summed E-state index contributed by atoms with van der Waals surface area (Å²) < 4.78 is 10.4. The first-order valence-electron chi connectivity index (χ1n) is 7.17. The summed E-state index contributed by atoms with van der Waals surface area (Å²) in [6, 6.07) is -0.0404. The first kappa shape index (κ1) is 16.8. The van der Waals surface area contributed by atoms with Crippen LogP contribution < -0.4 is 5.32 Å². The Labute approximate surface area is 120 Å². The van der Waals surface area contributed by atoms with Crippen LogP contribution in [0.15, 0.2) is 0 Å². The Balaban J connectivity index is 2.40. The molecule has 0 saturated carbocycles. The fourth-order valence-corrected chi connectivity index (χ4v) is 2.03. The molecular formula is C14H26N2O4. The van der Waals surface area contributed by atoms with Gasteiger partial charge in [-0.1, -0.05) is 0 Å². The standard InChI is InChI=1S/C14H26N2O4/c1-5-19-13(18)15-11-7-6-8-16(9-11)12(17)10-20-14(2,3)4/h11H,5-10H2,1-4H3,(H,15,18). The van der Waals surface area contributed by atoms with Gasteiger partial charge in [0.05, 0.1) is 12.2 Å². The average Bonchev–Trinajstić information content (AvgIpc) is 2.35. The third kappa shape index (κ3) is 6.23. The van der Waals surface area contributed by atoms with Gasteiger partial charge < -0.3 is 19.7 Å². The number of alkyl carbamates (subject to hydrolysis) is 1. The third-order valence-corrected chi connectivity index (χ3v) is 3.00. The number of rotatable bonds is 4. The fourth-order valence-electron chi connectivity index (χ4n) is 2.03. The lowest BCUT2D eigenvalue weighted by Gasteiger charge is -2.33. The number of nitrogens with zero attached hydrogens (tertiary/aromatic N) is 1. The number of amides is 2. The van der Waals surface area contributed by atoms with Crippen molar-refractivity contribution in [2.75, 3.05) is 26.3 Å². The zero-order valence-electron chi connectivity index (χ0n) is 12.9. The van der Waals surface area contributed by atoms with Gasteiger partial charge in [-0.05, 0) is 40.5 Å². The van der Waals surface area contributed by atoms with E-state index in [-0.39, 0.29) is 24.2 Å². The zero-order chi connectivity index (χ0) is 15.2. The van der Waals surface area contributed by atoms with Crippen LogP contribution in [0, 0.1) is 0 Å². The molecule has 2 amide bonds. The molecule has 20 heavy (non-hydrogen) atoms. The van der Waals surface area contributed by atoms with E-state index in [0.29, 0.717) is 19.7 Å². The van der Waals surface area contributed by atoms with Crippen molar-refractivity contribution in [3.8, 4) is 0 Å². The minimum Gasteiger partial charge on any atom is -0.450 e. The van der Waals surface area contributed by atoms with E-state index in [0.717, 1.165) is 12.8 Å². The lowest BCUT2D eigenvalue weighted by molar-refractivity contribution is -0.142. The molecule has 1 heterocycles. The van der Waals surface area contributed by atoms with Gasteiger partial charge in [-0.15, -0.1) is 0 Å². The maximum absolute atomic E-state index is 12.1. The van der Waals surface area contributed by atoms with Crippen LogP contribution >= 0.6 is 0 Å². The predicted molar refractivity (Wildman–Crippen MR) is 75.5 cm³/mol. The van der Waals surface area contributed by atoms with Crippen LogP contribution in [0.3, 0.4) is 0 Å². The second kappa shape index (κ2) is 7.47. The second-order valence-corrected chi connectivity index (χ2v) is 5.94. The lowest BCUT2D eigenvalue weighted by atomic mass is 10.1. The van der Waals surface area contributed by atoms with E-state index in [1.807, 2.05) is 20.8 Å². The van der Waals surface area contributed by atoms with Crippen molar-refractivity contribution >= 4 is 12.0 Å². The predicted octanol–water partition coefficient (Wildman–Crippen LogP) is 1.54. The molecule has 0 spiro atoms. The molecule has 6 nitrogen and oxygen atoms in total. The Bertz CT molecular complexity index is 339. The highest BCUT2D eigenvalue weighted by molar-refractivity contribution is 5.77. The van der Waals surface area contributed by atoms with E-state index in [9.17, 15) is 9.59 Å². The summed E-state index contributed by atoms with van der Waals surface area (Å²) in [6.07, 6.45) is 1.32. The SMILES string of the molecule is CCOC(=O)NC1CCCN(C(=O)COC(C)(C)C)C1. The summed E-state index contributed by atoms with van der Waals surface area (Å²) in [5.41, 5.74) is -0.325. The largest absolute Gasteiger partial charge is 0.450 e. The molecule has 1 N–H and O–H groups in total. The fraction of sp³-hybridized carbons (Fsp3) is 0.857. The normalized spacial score (nSPS) is 19.6. The number of piperidine rings is 1. The summed E-state index contributed by atoms with van der Waals surface area (Å²) in [6.45, 7) is 9.18. The number of hydrogen-bond acceptors (Lipinski definition) is 4. The number of nitrogens with one attached hydrogen (secondary N) is 1. The van der Waals surface area contributed by atoms with E-state index in [2.05, 4.69) is 5.32 Å². The molecule has 6 heteroatoms. The number of carbonyl (C=O) groups excluding carboxylic acids is 2. The lowest BCUT2D eigenvalue weighted by Crippen LogP contribution is -2.50. The summed E-state index contributed by atoms with van der Waals surface area (Å²) in [7, 11) is 0. The molecule has 0 aliphatic carbocycles. The first-order chi connectivity index (χ1) is 9.31. The van der Waals surface area contributed by atoms with E-state index < -0.39 is 6.09 Å². The highest BCUT2D eigenvalue weighted by Gasteiger charge is 2.26. The molecule has 1 atom stereocenters. The molecule has 1 aliphatic heterocycles. The molecule has 116 valence electrons. The minimum absolute atomic E-state index is 0.0321. The van der Waals surface area contributed by atoms with Gasteiger partial charge >= 0.3 is 6.09 Å². The maximum Gasteiger partial charge on any atom is 0.407 e. The first-order valence-corrected chi connectivity index (χ1v) is 7.17. The third-order valence-electron chi connectivity index (χ3n) is 3.00. The number of carbonyl (C=O) groups is 2. The molecule has 1 rings (SSSR count). The molecule has 0 radical (unpaired) electrons. The van der Waals surface area contributed by atoms with Crippen molar-refractivity contribution in [2.24, 2.45) is 0 Å². The van der Waals surface area contributed by atoms with Gasteiger partial charge in [0.15, 0.2) is 0 Å². The van der Waals surface area contributed by atoms with Crippen molar-refractivity contribution in [1.82, 2.24) is 10.2 Å². The molecule has 1 saturated heterocycles. The monoisotopic (exact) mass is 286 g/mol. The van der Waals surface area contributed by atoms with Gasteiger partial charge in [-0.3, -0.25) is 4.79 Å². The van der Waals surface area contributed by atoms with Crippen LogP contribution in [0.2, 0.25) is 0 Å². The Morgan fingerprint density at radius 1 is 1.35 bits per heavy atom. The van der Waals surface area contributed by atoms with Crippen LogP contribution in [0.5, 0.6) is 0 Å². The molecular weight excluding hydrogens is 260 g/mol. The summed E-state index contributed by atoms with van der Waals surface area (Å²) in [5.74, 6) is -0.0321. The summed E-state index contributed by atoms with van der Waals surface area (Å²) in [4.78, 5) is 25.2. The van der Waals surface area contributed by atoms with Crippen molar-refractivity contribution in [3.05, 3.63) is 0 Å². The molecule has 0 aromatic rings. The Morgan fingerprint density at radius 3 is 2.65 bits per heavy atom. The number of likely N-dealkylation sites (tertiary alicyclic amines) is 1. The zero-order valence-corrected chi connectivity index (χ0v) is 12.9. The summed E-state index contributed by atoms with van der Waals surface area (Å²) >= 11 is 0. The van der Waals surface area contributed by atoms with Crippen LogP contribution in [0.25, 0.3) is 0 Å². The Morgan fingerprint density at radius 2 is 2.05 bits per heavy atom. The Hall–Kier alpha value is -1.30. The van der Waals surface area contributed by atoms with Crippen molar-refractivity contribution in [1.29, 1.82) is 0 Å². The van der Waals surface area contributed by atoms with Crippen LogP contribution in [0.1, 0.15) is 40.5 Å². The highest BCUT2D eigenvalue weighted by atomic mass is 16.5. The van der Waals surface area contributed by atoms with Crippen molar-refractivity contribution in [3.63, 3.8) is 0 Å². The van der Waals surface area contributed by atoms with Gasteiger partial charge in [-0.25, -0.2) is 4.79 Å². The van der Waals surface area contributed by atoms with Crippen LogP contribution in [-0.2, 0) is 14.3 Å². The van der Waals surface area contributed by atoms with E-state index >= 15 is 0 Å². The average molecular weight is 286 g/mol. The molecule has 1 unspecified atom stereocenters. The van der Waals surface area contributed by atoms with E-state index in [1.165, 1.54) is 0 Å². The molecule has 0 aromatic carbocycles. The van der Waals surface area contributed by atoms with Crippen LogP contribution in [0.4, 0.5) is 4.79 Å². The van der Waals surface area contributed by atoms with Gasteiger partial charge in [0, 0.05) is 19.1 Å². The molecule has 0 bridgehead atoms. The van der Waals surface area contributed by atoms with Gasteiger partial charge in [-0.2, -0.15) is 0 Å². The Kier molecular flexibility index (Phi) is 6.26. The van der Waals surface area contributed by atoms with E-state index in [4.69, 9.17) is 9.47 Å². The molecule has 1 fully saturated rings. The topological polar surface area (TPSA) is 67.9 Å². The van der Waals surface area contributed by atoms with Gasteiger partial charge in [0.25, 0.3) is 0 Å². The highest BCUT2D eigenvalue weighted by Crippen LogP contribution is 2.12. The minimum atomic E-state index is -0.419. The second-order valence-electron chi connectivity index (χ2n) is 5.94. The van der Waals surface area contributed by atoms with Gasteiger partial charge in [0.1, 0.15) is 6.61 Å². The van der Waals surface area contributed by atoms with Crippen molar-refractivity contribution in [2.45, 2.75) is 52.2 Å². The van der Waals surface area contributed by atoms with Crippen LogP contribution in [-0.4, -0.2) is 54.8 Å². The number of ether oxygens (including phenoxy) is 2. The van der Waals surface area contributed by atoms with Gasteiger partial charge in [0.2, 0.25) is 5.91 Å². The number of hydrogen-bond donors (Lipinski definition) is 1. The summed E-state index contributed by atoms with van der Waals surface area (Å²) in [5, 5.41) is 2.78. The van der Waals surface area contributed by atoms with E-state index in [1.54, 1.807) is 11.8 Å². The molecule has 1 aliphatic rings. The molecule has 0 aromatic heterocycles.